The van der Waals surface area contributed by atoms with Crippen LogP contribution >= 0.6 is 11.6 Å². The summed E-state index contributed by atoms with van der Waals surface area (Å²) in [5.41, 5.74) is 13.5. The molecule has 9 nitrogen and oxygen atoms in total. The van der Waals surface area contributed by atoms with E-state index in [1.165, 1.54) is 10.7 Å². The van der Waals surface area contributed by atoms with E-state index >= 15 is 0 Å². The van der Waals surface area contributed by atoms with E-state index in [9.17, 15) is 4.79 Å². The summed E-state index contributed by atoms with van der Waals surface area (Å²) in [5, 5.41) is 7.78. The maximum Gasteiger partial charge on any atom is 0.254 e. The Kier molecular flexibility index (Phi) is 4.46. The van der Waals surface area contributed by atoms with E-state index in [1.54, 1.807) is 6.07 Å². The molecule has 1 aromatic carbocycles. The van der Waals surface area contributed by atoms with Gasteiger partial charge in [0.15, 0.2) is 5.65 Å². The van der Waals surface area contributed by atoms with Crippen molar-refractivity contribution in [2.45, 2.75) is 0 Å². The average molecular weight is 388 g/mol. The summed E-state index contributed by atoms with van der Waals surface area (Å²) in [4.78, 5) is 18.1. The molecule has 1 aliphatic rings. The van der Waals surface area contributed by atoms with Crippen LogP contribution in [0.2, 0.25) is 5.02 Å². The summed E-state index contributed by atoms with van der Waals surface area (Å²) in [7, 11) is 0. The first-order chi connectivity index (χ1) is 13.0. The summed E-state index contributed by atoms with van der Waals surface area (Å²) >= 11 is 6.61. The number of primary amides is 1. The first kappa shape index (κ1) is 17.4. The molecular weight excluding hydrogens is 370 g/mol. The van der Waals surface area contributed by atoms with Gasteiger partial charge in [-0.05, 0) is 12.1 Å². The molecule has 0 radical (unpaired) electrons. The van der Waals surface area contributed by atoms with Gasteiger partial charge in [-0.1, -0.05) is 17.7 Å². The van der Waals surface area contributed by atoms with Crippen molar-refractivity contribution >= 4 is 46.2 Å². The molecule has 10 heteroatoms. The highest BCUT2D eigenvalue weighted by Crippen LogP contribution is 2.35. The highest BCUT2D eigenvalue weighted by atomic mass is 35.5. The standard InChI is InChI=1S/C17H18ClN7O2/c18-15-11(2-1-3-12(15)24-4-6-27-7-5-24)22-14-8-13(19)25-17(23-14)10(9-21-25)16(20)26/h1-3,8-9H,4-7,19H2,(H2,20,26)(H,22,23). The minimum Gasteiger partial charge on any atom is -0.383 e. The van der Waals surface area contributed by atoms with E-state index in [4.69, 9.17) is 27.8 Å². The normalized spacial score (nSPS) is 14.5. The van der Waals surface area contributed by atoms with Crippen LogP contribution in [0.1, 0.15) is 10.4 Å². The van der Waals surface area contributed by atoms with Gasteiger partial charge in [0.05, 0.1) is 35.8 Å². The fraction of sp³-hybridized carbons (Fsp3) is 0.235. The van der Waals surface area contributed by atoms with E-state index in [2.05, 4.69) is 20.3 Å². The topological polar surface area (TPSA) is 124 Å². The molecular formula is C17H18ClN7O2. The molecule has 1 amide bonds. The number of fused-ring (bicyclic) bond motifs is 1. The van der Waals surface area contributed by atoms with Gasteiger partial charge in [0, 0.05) is 19.2 Å². The van der Waals surface area contributed by atoms with E-state index in [-0.39, 0.29) is 11.2 Å². The molecule has 0 unspecified atom stereocenters. The summed E-state index contributed by atoms with van der Waals surface area (Å²) in [6.07, 6.45) is 1.34. The number of nitrogens with one attached hydrogen (secondary N) is 1. The summed E-state index contributed by atoms with van der Waals surface area (Å²) in [5.74, 6) is 0.126. The second-order valence-electron chi connectivity index (χ2n) is 6.09. The molecule has 1 saturated heterocycles. The lowest BCUT2D eigenvalue weighted by Gasteiger charge is -2.30. The molecule has 3 aromatic rings. The average Bonchev–Trinajstić information content (AvgIpc) is 3.09. The van der Waals surface area contributed by atoms with Gasteiger partial charge in [0.25, 0.3) is 5.91 Å². The molecule has 5 N–H and O–H groups in total. The van der Waals surface area contributed by atoms with Gasteiger partial charge in [0.1, 0.15) is 17.2 Å². The molecule has 0 saturated carbocycles. The van der Waals surface area contributed by atoms with Crippen molar-refractivity contribution in [3.63, 3.8) is 0 Å². The third-order valence-corrected chi connectivity index (χ3v) is 4.75. The van der Waals surface area contributed by atoms with Crippen LogP contribution in [-0.4, -0.2) is 46.8 Å². The Bertz CT molecular complexity index is 1010. The number of hydrogen-bond acceptors (Lipinski definition) is 7. The molecule has 0 spiro atoms. The molecule has 0 bridgehead atoms. The molecule has 0 atom stereocenters. The number of carbonyl (C=O) groups excluding carboxylic acids is 1. The number of anilines is 4. The SMILES string of the molecule is NC(=O)c1cnn2c(N)cc(Nc3cccc(N4CCOCC4)c3Cl)nc12. The smallest absolute Gasteiger partial charge is 0.254 e. The number of nitrogen functional groups attached to an aromatic ring is 1. The molecule has 0 aliphatic carbocycles. The monoisotopic (exact) mass is 387 g/mol. The van der Waals surface area contributed by atoms with Gasteiger partial charge in [-0.3, -0.25) is 4.79 Å². The van der Waals surface area contributed by atoms with Crippen LogP contribution in [-0.2, 0) is 4.74 Å². The van der Waals surface area contributed by atoms with Crippen molar-refractivity contribution in [1.82, 2.24) is 14.6 Å². The molecule has 2 aromatic heterocycles. The van der Waals surface area contributed by atoms with Crippen molar-refractivity contribution in [3.05, 3.63) is 41.0 Å². The Balaban J connectivity index is 1.70. The van der Waals surface area contributed by atoms with Crippen LogP contribution in [0.4, 0.5) is 23.0 Å². The van der Waals surface area contributed by atoms with E-state index in [1.807, 2.05) is 18.2 Å². The van der Waals surface area contributed by atoms with Crippen molar-refractivity contribution in [2.75, 3.05) is 42.3 Å². The first-order valence-electron chi connectivity index (χ1n) is 8.37. The summed E-state index contributed by atoms with van der Waals surface area (Å²) in [6, 6.07) is 7.34. The van der Waals surface area contributed by atoms with Gasteiger partial charge in [0.2, 0.25) is 0 Å². The number of benzene rings is 1. The number of halogens is 1. The van der Waals surface area contributed by atoms with Crippen LogP contribution in [0.3, 0.4) is 0 Å². The molecule has 4 rings (SSSR count). The lowest BCUT2D eigenvalue weighted by atomic mass is 10.2. The number of ether oxygens (including phenoxy) is 1. The van der Waals surface area contributed by atoms with Gasteiger partial charge in [-0.15, -0.1) is 0 Å². The highest BCUT2D eigenvalue weighted by molar-refractivity contribution is 6.36. The molecule has 1 fully saturated rings. The van der Waals surface area contributed by atoms with Gasteiger partial charge >= 0.3 is 0 Å². The number of nitrogens with two attached hydrogens (primary N) is 2. The van der Waals surface area contributed by atoms with Crippen LogP contribution in [0, 0.1) is 0 Å². The van der Waals surface area contributed by atoms with E-state index in [0.717, 1.165) is 18.8 Å². The second-order valence-corrected chi connectivity index (χ2v) is 6.47. The third-order valence-electron chi connectivity index (χ3n) is 4.36. The van der Waals surface area contributed by atoms with Crippen LogP contribution in [0.5, 0.6) is 0 Å². The minimum atomic E-state index is -0.624. The Morgan fingerprint density at radius 3 is 2.81 bits per heavy atom. The van der Waals surface area contributed by atoms with Crippen molar-refractivity contribution in [2.24, 2.45) is 5.73 Å². The largest absolute Gasteiger partial charge is 0.383 e. The minimum absolute atomic E-state index is 0.193. The van der Waals surface area contributed by atoms with E-state index in [0.29, 0.717) is 35.6 Å². The third kappa shape index (κ3) is 3.22. The van der Waals surface area contributed by atoms with Crippen molar-refractivity contribution < 1.29 is 9.53 Å². The number of nitrogens with zero attached hydrogens (tertiary/aromatic N) is 4. The van der Waals surface area contributed by atoms with Crippen LogP contribution < -0.4 is 21.7 Å². The van der Waals surface area contributed by atoms with Gasteiger partial charge in [-0.25, -0.2) is 4.98 Å². The summed E-state index contributed by atoms with van der Waals surface area (Å²) < 4.78 is 6.75. The number of aromatic nitrogens is 3. The zero-order valence-corrected chi connectivity index (χ0v) is 15.1. The second kappa shape index (κ2) is 6.93. The number of rotatable bonds is 4. The zero-order valence-electron chi connectivity index (χ0n) is 14.4. The first-order valence-corrected chi connectivity index (χ1v) is 8.74. The van der Waals surface area contributed by atoms with Crippen molar-refractivity contribution in [3.8, 4) is 0 Å². The van der Waals surface area contributed by atoms with E-state index < -0.39 is 5.91 Å². The highest BCUT2D eigenvalue weighted by Gasteiger charge is 2.18. The molecule has 27 heavy (non-hydrogen) atoms. The fourth-order valence-electron chi connectivity index (χ4n) is 3.03. The fourth-order valence-corrected chi connectivity index (χ4v) is 3.32. The quantitative estimate of drug-likeness (QED) is 0.621. The summed E-state index contributed by atoms with van der Waals surface area (Å²) in [6.45, 7) is 2.88. The molecule has 3 heterocycles. The predicted octanol–water partition coefficient (Wildman–Crippen LogP) is 1.64. The Labute approximate surface area is 159 Å². The number of amides is 1. The predicted molar refractivity (Wildman–Crippen MR) is 104 cm³/mol. The van der Waals surface area contributed by atoms with Crippen molar-refractivity contribution in [1.29, 1.82) is 0 Å². The van der Waals surface area contributed by atoms with Crippen LogP contribution in [0.15, 0.2) is 30.5 Å². The van der Waals surface area contributed by atoms with Gasteiger partial charge in [-0.2, -0.15) is 9.61 Å². The lowest BCUT2D eigenvalue weighted by Crippen LogP contribution is -2.36. The number of carbonyl (C=O) groups is 1. The Morgan fingerprint density at radius 2 is 2.07 bits per heavy atom. The lowest BCUT2D eigenvalue weighted by molar-refractivity contribution is 0.100. The Hall–Kier alpha value is -3.04. The Morgan fingerprint density at radius 1 is 1.30 bits per heavy atom. The van der Waals surface area contributed by atoms with Crippen LogP contribution in [0.25, 0.3) is 5.65 Å². The molecule has 140 valence electrons. The number of morpholine rings is 1. The van der Waals surface area contributed by atoms with Gasteiger partial charge < -0.3 is 26.4 Å². The molecule has 1 aliphatic heterocycles. The maximum absolute atomic E-state index is 11.6. The number of hydrogen-bond donors (Lipinski definition) is 3. The maximum atomic E-state index is 11.6. The zero-order chi connectivity index (χ0) is 19.0.